The largest absolute Gasteiger partial charge is 0.322 e. The first-order valence-corrected chi connectivity index (χ1v) is 12.9. The zero-order valence-electron chi connectivity index (χ0n) is 19.7. The molecule has 5 aromatic rings. The maximum Gasteiger partial charge on any atom is 0.310 e. The van der Waals surface area contributed by atoms with Crippen molar-refractivity contribution in [2.45, 2.75) is 18.7 Å². The molecule has 196 valence electrons. The van der Waals surface area contributed by atoms with Crippen LogP contribution in [0, 0.1) is 25.2 Å². The van der Waals surface area contributed by atoms with Gasteiger partial charge in [-0.25, -0.2) is 4.52 Å². The molecule has 0 unspecified atom stereocenters. The van der Waals surface area contributed by atoms with Gasteiger partial charge in [-0.05, 0) is 49.7 Å². The first kappa shape index (κ1) is 25.0. The maximum atomic E-state index is 13.4. The number of benzene rings is 2. The van der Waals surface area contributed by atoms with Crippen molar-refractivity contribution in [2.24, 2.45) is 0 Å². The van der Waals surface area contributed by atoms with Gasteiger partial charge in [-0.1, -0.05) is 25.5 Å². The molecule has 2 N–H and O–H groups in total. The van der Waals surface area contributed by atoms with Crippen LogP contribution >= 0.6 is 10.2 Å². The Morgan fingerprint density at radius 1 is 1.08 bits per heavy atom. The van der Waals surface area contributed by atoms with E-state index in [2.05, 4.69) is 20.6 Å². The van der Waals surface area contributed by atoms with E-state index in [4.69, 9.17) is 5.26 Å². The Balaban J connectivity index is 1.52. The number of nitrogens with zero attached hydrogens (tertiary/aromatic N) is 5. The lowest BCUT2D eigenvalue weighted by Crippen LogP contribution is -2.15. The van der Waals surface area contributed by atoms with Gasteiger partial charge in [-0.3, -0.25) is 14.5 Å². The zero-order chi connectivity index (χ0) is 27.5. The molecule has 0 saturated heterocycles. The Hall–Kier alpha value is -4.64. The van der Waals surface area contributed by atoms with Crippen molar-refractivity contribution in [1.29, 1.82) is 5.26 Å². The highest BCUT2D eigenvalue weighted by Gasteiger charge is 2.65. The lowest BCUT2D eigenvalue weighted by molar-refractivity contribution is 0.102. The third-order valence-corrected chi connectivity index (χ3v) is 6.98. The van der Waals surface area contributed by atoms with Crippen molar-refractivity contribution in [1.82, 2.24) is 24.4 Å². The van der Waals surface area contributed by atoms with Crippen molar-refractivity contribution < 1.29 is 24.2 Å². The molecule has 3 aromatic heterocycles. The van der Waals surface area contributed by atoms with Crippen LogP contribution in [-0.2, 0) is 0 Å². The lowest BCUT2D eigenvalue weighted by atomic mass is 10.1. The number of nitriles is 1. The number of halogens is 5. The summed E-state index contributed by atoms with van der Waals surface area (Å²) < 4.78 is 70.5. The normalized spacial score (nSPS) is 13.6. The first-order valence-electron chi connectivity index (χ1n) is 10.9. The molecule has 38 heavy (non-hydrogen) atoms. The van der Waals surface area contributed by atoms with E-state index >= 15 is 0 Å². The van der Waals surface area contributed by atoms with E-state index in [1.54, 1.807) is 29.0 Å². The van der Waals surface area contributed by atoms with Crippen LogP contribution in [0.4, 0.5) is 25.1 Å². The molecule has 0 atom stereocenters. The van der Waals surface area contributed by atoms with Gasteiger partial charge >= 0.3 is 10.2 Å². The second-order valence-corrected chi connectivity index (χ2v) is 11.1. The van der Waals surface area contributed by atoms with Crippen LogP contribution in [0.1, 0.15) is 27.2 Å². The van der Waals surface area contributed by atoms with Gasteiger partial charge in [0.05, 0.1) is 34.9 Å². The minimum absolute atomic E-state index is 0.0330. The summed E-state index contributed by atoms with van der Waals surface area (Å²) in [6.45, 7) is 3.69. The Morgan fingerprint density at radius 3 is 2.50 bits per heavy atom. The zero-order valence-corrected chi connectivity index (χ0v) is 20.5. The van der Waals surface area contributed by atoms with E-state index in [0.29, 0.717) is 17.0 Å². The van der Waals surface area contributed by atoms with E-state index in [9.17, 15) is 24.2 Å². The highest BCUT2D eigenvalue weighted by atomic mass is 32.5. The van der Waals surface area contributed by atoms with Gasteiger partial charge in [0, 0.05) is 35.3 Å². The van der Waals surface area contributed by atoms with Crippen molar-refractivity contribution in [2.75, 3.05) is 5.32 Å². The number of imidazole rings is 1. The van der Waals surface area contributed by atoms with E-state index in [-0.39, 0.29) is 17.8 Å². The number of amides is 1. The number of aryl methyl sites for hydroxylation is 2. The topological polar surface area (TPSA) is 104 Å². The standard InChI is InChI=1S/C24H18F5N7OS/c1-14-3-4-19(33-24(37)17-5-16(10-30)6-20(7-17)38(25,26,27,28)29)8-22(14)35-13-15(2)36-23(35)9-21(34-36)18-11-31-32-12-18/h3-9,11-13H,1-2H3,(H,31,32)(H,33,37). The fourth-order valence-electron chi connectivity index (χ4n) is 4.00. The van der Waals surface area contributed by atoms with E-state index in [1.165, 1.54) is 12.1 Å². The summed E-state index contributed by atoms with van der Waals surface area (Å²) in [6.07, 6.45) is 5.16. The summed E-state index contributed by atoms with van der Waals surface area (Å²) in [5.74, 6) is -1.08. The summed E-state index contributed by atoms with van der Waals surface area (Å²) >= 11 is 0. The van der Waals surface area contributed by atoms with Gasteiger partial charge in [0.2, 0.25) is 0 Å². The SMILES string of the molecule is Cc1ccc(NC(=O)c2cc(C#N)cc(S(F)(F)(F)(F)F)c2)cc1-n1cc(C)n2nc(-c3cn[nH]c3)cc12. The van der Waals surface area contributed by atoms with Gasteiger partial charge in [0.25, 0.3) is 5.91 Å². The lowest BCUT2D eigenvalue weighted by Gasteiger charge is -2.40. The van der Waals surface area contributed by atoms with Gasteiger partial charge in [0.15, 0.2) is 0 Å². The molecule has 0 bridgehead atoms. The fourth-order valence-corrected chi connectivity index (χ4v) is 4.70. The van der Waals surface area contributed by atoms with Crippen LogP contribution < -0.4 is 5.32 Å². The molecule has 0 radical (unpaired) electrons. The monoisotopic (exact) mass is 547 g/mol. The van der Waals surface area contributed by atoms with Gasteiger partial charge in [0.1, 0.15) is 10.5 Å². The summed E-state index contributed by atoms with van der Waals surface area (Å²) in [5, 5.41) is 22.7. The summed E-state index contributed by atoms with van der Waals surface area (Å²) in [6, 6.07) is 8.95. The molecule has 0 aliphatic heterocycles. The van der Waals surface area contributed by atoms with E-state index in [1.807, 2.05) is 30.7 Å². The number of hydrogen-bond acceptors (Lipinski definition) is 4. The van der Waals surface area contributed by atoms with Crippen LogP contribution in [0.5, 0.6) is 0 Å². The van der Waals surface area contributed by atoms with Crippen LogP contribution in [0.2, 0.25) is 0 Å². The number of hydrogen-bond donors (Lipinski definition) is 2. The van der Waals surface area contributed by atoms with Crippen LogP contribution in [0.25, 0.3) is 22.6 Å². The van der Waals surface area contributed by atoms with Gasteiger partial charge < -0.3 is 5.32 Å². The number of aromatic nitrogens is 5. The number of rotatable bonds is 5. The molecule has 0 saturated carbocycles. The minimum Gasteiger partial charge on any atom is -0.322 e. The number of fused-ring (bicyclic) bond motifs is 1. The number of aromatic amines is 1. The number of nitrogens with one attached hydrogen (secondary N) is 2. The maximum absolute atomic E-state index is 13.4. The Morgan fingerprint density at radius 2 is 1.84 bits per heavy atom. The highest BCUT2D eigenvalue weighted by molar-refractivity contribution is 8.45. The Bertz CT molecular complexity index is 1780. The number of carbonyl (C=O) groups excluding carboxylic acids is 1. The Kier molecular flexibility index (Phi) is 5.06. The summed E-state index contributed by atoms with van der Waals surface area (Å²) in [5.41, 5.74) is 3.16. The number of H-pyrrole nitrogens is 1. The van der Waals surface area contributed by atoms with Crippen molar-refractivity contribution >= 4 is 27.5 Å². The molecule has 14 heteroatoms. The third-order valence-electron chi connectivity index (χ3n) is 5.85. The number of carbonyl (C=O) groups is 1. The van der Waals surface area contributed by atoms with Crippen molar-refractivity contribution in [3.63, 3.8) is 0 Å². The van der Waals surface area contributed by atoms with Crippen molar-refractivity contribution in [3.05, 3.63) is 83.4 Å². The summed E-state index contributed by atoms with van der Waals surface area (Å²) in [7, 11) is -10.1. The predicted molar refractivity (Wildman–Crippen MR) is 132 cm³/mol. The molecular weight excluding hydrogens is 529 g/mol. The molecule has 0 spiro atoms. The van der Waals surface area contributed by atoms with Gasteiger partial charge in [-0.15, -0.1) is 0 Å². The molecule has 3 heterocycles. The summed E-state index contributed by atoms with van der Waals surface area (Å²) in [4.78, 5) is 10.5. The van der Waals surface area contributed by atoms with E-state index < -0.39 is 32.2 Å². The molecule has 0 aliphatic rings. The third kappa shape index (κ3) is 4.59. The molecule has 8 nitrogen and oxygen atoms in total. The Labute approximate surface area is 212 Å². The van der Waals surface area contributed by atoms with Crippen LogP contribution in [-0.4, -0.2) is 30.3 Å². The quantitative estimate of drug-likeness (QED) is 0.233. The van der Waals surface area contributed by atoms with Crippen LogP contribution in [0.15, 0.2) is 66.0 Å². The molecular formula is C24H18F5N7OS. The molecule has 2 aromatic carbocycles. The first-order chi connectivity index (χ1) is 17.6. The molecule has 5 rings (SSSR count). The molecule has 0 aliphatic carbocycles. The average Bonchev–Trinajstić information content (AvgIpc) is 3.57. The minimum atomic E-state index is -10.1. The second kappa shape index (κ2) is 7.68. The molecule has 0 fully saturated rings. The second-order valence-electron chi connectivity index (χ2n) is 8.71. The fraction of sp³-hybridized carbons (Fsp3) is 0.0833. The van der Waals surface area contributed by atoms with E-state index in [0.717, 1.165) is 22.9 Å². The highest BCUT2D eigenvalue weighted by Crippen LogP contribution is 3.02. The van der Waals surface area contributed by atoms with Crippen molar-refractivity contribution in [3.8, 4) is 23.0 Å². The smallest absolute Gasteiger partial charge is 0.310 e. The number of anilines is 1. The van der Waals surface area contributed by atoms with Crippen LogP contribution in [0.3, 0.4) is 0 Å². The predicted octanol–water partition coefficient (Wildman–Crippen LogP) is 6.91. The molecule has 1 amide bonds. The van der Waals surface area contributed by atoms with Gasteiger partial charge in [-0.2, -0.15) is 15.5 Å². The average molecular weight is 548 g/mol.